The van der Waals surface area contributed by atoms with Crippen LogP contribution in [0.4, 0.5) is 27.5 Å². The van der Waals surface area contributed by atoms with E-state index < -0.39 is 5.60 Å². The zero-order valence-electron chi connectivity index (χ0n) is 19.6. The number of hydrogen-bond donors (Lipinski definition) is 2. The summed E-state index contributed by atoms with van der Waals surface area (Å²) >= 11 is 0. The van der Waals surface area contributed by atoms with Gasteiger partial charge < -0.3 is 21.1 Å². The van der Waals surface area contributed by atoms with Crippen molar-refractivity contribution in [2.75, 3.05) is 40.9 Å². The molecule has 4 N–H and O–H groups in total. The van der Waals surface area contributed by atoms with Gasteiger partial charge in [-0.05, 0) is 88.1 Å². The number of anilines is 4. The number of benzene rings is 2. The zero-order chi connectivity index (χ0) is 23.0. The molecule has 1 aliphatic rings. The summed E-state index contributed by atoms with van der Waals surface area (Å²) in [7, 11) is 0. The van der Waals surface area contributed by atoms with Gasteiger partial charge in [-0.15, -0.1) is 0 Å². The number of amides is 1. The van der Waals surface area contributed by atoms with Crippen LogP contribution < -0.4 is 21.3 Å². The van der Waals surface area contributed by atoms with Crippen molar-refractivity contribution >= 4 is 28.8 Å². The molecule has 1 saturated heterocycles. The third-order valence-corrected chi connectivity index (χ3v) is 5.13. The van der Waals surface area contributed by atoms with E-state index in [0.717, 1.165) is 37.3 Å². The van der Waals surface area contributed by atoms with Crippen LogP contribution in [0.5, 0.6) is 0 Å². The van der Waals surface area contributed by atoms with Crippen LogP contribution >= 0.6 is 0 Å². The highest BCUT2D eigenvalue weighted by Crippen LogP contribution is 2.27. The summed E-state index contributed by atoms with van der Waals surface area (Å²) in [5.41, 5.74) is 14.5. The van der Waals surface area contributed by atoms with Crippen molar-refractivity contribution in [2.24, 2.45) is 5.92 Å². The first-order chi connectivity index (χ1) is 14.7. The largest absolute Gasteiger partial charge is 0.443 e. The molecule has 2 aromatic carbocycles. The molecular formula is C25H38N4O2. The van der Waals surface area contributed by atoms with E-state index in [1.54, 1.807) is 4.90 Å². The van der Waals surface area contributed by atoms with Gasteiger partial charge in [0.25, 0.3) is 0 Å². The zero-order valence-corrected chi connectivity index (χ0v) is 19.6. The lowest BCUT2D eigenvalue weighted by Gasteiger charge is -2.36. The van der Waals surface area contributed by atoms with Gasteiger partial charge in [-0.1, -0.05) is 13.8 Å². The van der Waals surface area contributed by atoms with E-state index in [2.05, 4.69) is 17.0 Å². The van der Waals surface area contributed by atoms with E-state index in [-0.39, 0.29) is 6.09 Å². The second-order valence-electron chi connectivity index (χ2n) is 8.70. The molecule has 6 nitrogen and oxygen atoms in total. The normalized spacial score (nSPS) is 14.4. The molecule has 1 aliphatic heterocycles. The number of nitrogens with zero attached hydrogens (tertiary/aromatic N) is 2. The minimum absolute atomic E-state index is 0.316. The Balaban J connectivity index is 0.00000166. The Morgan fingerprint density at radius 3 is 1.94 bits per heavy atom. The molecule has 31 heavy (non-hydrogen) atoms. The summed E-state index contributed by atoms with van der Waals surface area (Å²) < 4.78 is 5.66. The second kappa shape index (κ2) is 10.9. The Morgan fingerprint density at radius 1 is 0.968 bits per heavy atom. The molecule has 1 amide bonds. The lowest BCUT2D eigenvalue weighted by molar-refractivity contribution is 0.0573. The number of nitrogen functional groups attached to an aromatic ring is 2. The van der Waals surface area contributed by atoms with Crippen LogP contribution in [0.15, 0.2) is 48.5 Å². The second-order valence-corrected chi connectivity index (χ2v) is 8.70. The first kappa shape index (κ1) is 24.4. The van der Waals surface area contributed by atoms with Gasteiger partial charge in [0, 0.05) is 42.4 Å². The van der Waals surface area contributed by atoms with Crippen LogP contribution in [-0.2, 0) is 4.74 Å². The SMILES string of the molecule is CC.CC(C)(C)OC(=O)N(CC1CCN(c2ccc(N)cc2)CC1)c1ccc(N)cc1. The third kappa shape index (κ3) is 7.39. The number of piperidine rings is 1. The first-order valence-corrected chi connectivity index (χ1v) is 11.2. The van der Waals surface area contributed by atoms with Crippen molar-refractivity contribution in [1.29, 1.82) is 0 Å². The average molecular weight is 427 g/mol. The lowest BCUT2D eigenvalue weighted by Crippen LogP contribution is -2.43. The Kier molecular flexibility index (Phi) is 8.60. The van der Waals surface area contributed by atoms with Crippen LogP contribution in [0.2, 0.25) is 0 Å². The average Bonchev–Trinajstić information content (AvgIpc) is 2.74. The smallest absolute Gasteiger partial charge is 0.414 e. The summed E-state index contributed by atoms with van der Waals surface area (Å²) in [4.78, 5) is 17.0. The molecule has 0 bridgehead atoms. The summed E-state index contributed by atoms with van der Waals surface area (Å²) in [5.74, 6) is 0.408. The van der Waals surface area contributed by atoms with E-state index in [1.807, 2.05) is 71.0 Å². The molecule has 0 unspecified atom stereocenters. The summed E-state index contributed by atoms with van der Waals surface area (Å²) in [6, 6.07) is 15.4. The molecule has 3 rings (SSSR count). The van der Waals surface area contributed by atoms with Gasteiger partial charge in [0.2, 0.25) is 0 Å². The minimum Gasteiger partial charge on any atom is -0.443 e. The Morgan fingerprint density at radius 2 is 1.45 bits per heavy atom. The summed E-state index contributed by atoms with van der Waals surface area (Å²) in [6.45, 7) is 12.2. The number of nitrogens with two attached hydrogens (primary N) is 2. The van der Waals surface area contributed by atoms with Crippen LogP contribution in [0.25, 0.3) is 0 Å². The summed E-state index contributed by atoms with van der Waals surface area (Å²) in [5, 5.41) is 0. The van der Waals surface area contributed by atoms with Gasteiger partial charge in [-0.25, -0.2) is 4.79 Å². The number of ether oxygens (including phenoxy) is 1. The molecule has 170 valence electrons. The monoisotopic (exact) mass is 426 g/mol. The maximum atomic E-state index is 12.9. The molecule has 0 saturated carbocycles. The number of rotatable bonds is 4. The number of carbonyl (C=O) groups is 1. The van der Waals surface area contributed by atoms with Crippen LogP contribution in [0, 0.1) is 5.92 Å². The predicted octanol–water partition coefficient (Wildman–Crippen LogP) is 5.54. The highest BCUT2D eigenvalue weighted by molar-refractivity contribution is 5.88. The van der Waals surface area contributed by atoms with Crippen molar-refractivity contribution < 1.29 is 9.53 Å². The van der Waals surface area contributed by atoms with Crippen molar-refractivity contribution in [3.05, 3.63) is 48.5 Å². The fraction of sp³-hybridized carbons (Fsp3) is 0.480. The topological polar surface area (TPSA) is 84.8 Å². The van der Waals surface area contributed by atoms with E-state index >= 15 is 0 Å². The molecule has 1 heterocycles. The quantitative estimate of drug-likeness (QED) is 0.627. The molecule has 0 atom stereocenters. The minimum atomic E-state index is -0.540. The van der Waals surface area contributed by atoms with Gasteiger partial charge in [0.05, 0.1) is 0 Å². The van der Waals surface area contributed by atoms with Crippen molar-refractivity contribution in [1.82, 2.24) is 0 Å². The Bertz CT molecular complexity index is 805. The van der Waals surface area contributed by atoms with Crippen molar-refractivity contribution in [2.45, 2.75) is 53.1 Å². The number of carbonyl (C=O) groups excluding carboxylic acids is 1. The van der Waals surface area contributed by atoms with Crippen molar-refractivity contribution in [3.8, 4) is 0 Å². The van der Waals surface area contributed by atoms with E-state index in [9.17, 15) is 4.79 Å². The van der Waals surface area contributed by atoms with Crippen LogP contribution in [-0.4, -0.2) is 31.3 Å². The molecule has 6 heteroatoms. The van der Waals surface area contributed by atoms with Crippen molar-refractivity contribution in [3.63, 3.8) is 0 Å². The van der Waals surface area contributed by atoms with Gasteiger partial charge in [-0.2, -0.15) is 0 Å². The summed E-state index contributed by atoms with van der Waals surface area (Å²) in [6.07, 6.45) is 1.71. The molecule has 0 spiro atoms. The van der Waals surface area contributed by atoms with E-state index in [4.69, 9.17) is 16.2 Å². The van der Waals surface area contributed by atoms with Gasteiger partial charge in [0.15, 0.2) is 0 Å². The molecule has 2 aromatic rings. The maximum absolute atomic E-state index is 12.9. The maximum Gasteiger partial charge on any atom is 0.414 e. The lowest BCUT2D eigenvalue weighted by atomic mass is 9.95. The van der Waals surface area contributed by atoms with Gasteiger partial charge in [-0.3, -0.25) is 4.90 Å². The molecule has 0 aromatic heterocycles. The van der Waals surface area contributed by atoms with Crippen LogP contribution in [0.3, 0.4) is 0 Å². The van der Waals surface area contributed by atoms with E-state index in [0.29, 0.717) is 18.2 Å². The molecular weight excluding hydrogens is 388 g/mol. The molecule has 0 radical (unpaired) electrons. The van der Waals surface area contributed by atoms with Gasteiger partial charge >= 0.3 is 6.09 Å². The standard InChI is InChI=1S/C23H32N4O2.C2H6/c1-23(2,3)29-22(28)27(21-10-6-19(25)7-11-21)16-17-12-14-26(15-13-17)20-8-4-18(24)5-9-20;1-2/h4-11,17H,12-16,24-25H2,1-3H3;1-2H3. The Labute approximate surface area is 187 Å². The fourth-order valence-corrected chi connectivity index (χ4v) is 3.57. The predicted molar refractivity (Wildman–Crippen MR) is 132 cm³/mol. The van der Waals surface area contributed by atoms with Gasteiger partial charge in [0.1, 0.15) is 5.60 Å². The highest BCUT2D eigenvalue weighted by atomic mass is 16.6. The first-order valence-electron chi connectivity index (χ1n) is 11.2. The van der Waals surface area contributed by atoms with E-state index in [1.165, 1.54) is 5.69 Å². The molecule has 1 fully saturated rings. The highest BCUT2D eigenvalue weighted by Gasteiger charge is 2.28. The van der Waals surface area contributed by atoms with Crippen LogP contribution in [0.1, 0.15) is 47.5 Å². The fourth-order valence-electron chi connectivity index (χ4n) is 3.57. The molecule has 0 aliphatic carbocycles. The Hall–Kier alpha value is -2.89. The third-order valence-electron chi connectivity index (χ3n) is 5.13. The number of hydrogen-bond acceptors (Lipinski definition) is 5.